The SMILES string of the molecule is CCOc1nc(NC)nc(NC(=O)NS(=O)(=O)c2ccccc2C(=O)O)n1.CCOc1nc(NC)nc(NC(=O)NS(=O)(=O)c2ccccc2C(=O)OC)n1. The summed E-state index contributed by atoms with van der Waals surface area (Å²) in [7, 11) is -4.65. The molecule has 0 fully saturated rings. The van der Waals surface area contributed by atoms with E-state index in [1.165, 1.54) is 37.4 Å². The Labute approximate surface area is 313 Å². The maximum absolute atomic E-state index is 12.5. The van der Waals surface area contributed by atoms with E-state index in [2.05, 4.69) is 55.9 Å². The van der Waals surface area contributed by atoms with E-state index in [9.17, 15) is 36.0 Å². The van der Waals surface area contributed by atoms with Crippen LogP contribution in [-0.2, 0) is 24.8 Å². The molecule has 0 saturated carbocycles. The fourth-order valence-corrected chi connectivity index (χ4v) is 6.11. The molecule has 0 aliphatic rings. The van der Waals surface area contributed by atoms with Crippen molar-refractivity contribution in [2.75, 3.05) is 55.7 Å². The second-order valence-corrected chi connectivity index (χ2v) is 13.1. The van der Waals surface area contributed by atoms with E-state index >= 15 is 0 Å². The first-order valence-electron chi connectivity index (χ1n) is 15.4. The summed E-state index contributed by atoms with van der Waals surface area (Å²) >= 11 is 0. The second kappa shape index (κ2) is 19.2. The van der Waals surface area contributed by atoms with Gasteiger partial charge in [-0.15, -0.1) is 0 Å². The molecule has 4 aromatic rings. The summed E-state index contributed by atoms with van der Waals surface area (Å²) in [5.41, 5.74) is -0.698. The highest BCUT2D eigenvalue weighted by molar-refractivity contribution is 7.90. The number of ether oxygens (including phenoxy) is 3. The smallest absolute Gasteiger partial charge is 0.339 e. The van der Waals surface area contributed by atoms with E-state index in [0.29, 0.717) is 0 Å². The molecule has 24 nitrogen and oxygen atoms in total. The third-order valence-corrected chi connectivity index (χ3v) is 8.90. The van der Waals surface area contributed by atoms with Crippen LogP contribution in [0.5, 0.6) is 12.0 Å². The van der Waals surface area contributed by atoms with Gasteiger partial charge in [0.05, 0.1) is 31.5 Å². The monoisotopic (exact) mass is 806 g/mol. The molecule has 0 atom stereocenters. The number of anilines is 4. The fourth-order valence-electron chi connectivity index (χ4n) is 3.90. The van der Waals surface area contributed by atoms with Crippen molar-refractivity contribution in [3.05, 3.63) is 59.7 Å². The van der Waals surface area contributed by atoms with E-state index in [1.807, 2.05) is 0 Å². The number of carboxylic acids is 1. The van der Waals surface area contributed by atoms with Gasteiger partial charge in [-0.05, 0) is 38.1 Å². The van der Waals surface area contributed by atoms with Crippen LogP contribution in [0.1, 0.15) is 34.6 Å². The quantitative estimate of drug-likeness (QED) is 0.0878. The second-order valence-electron chi connectivity index (χ2n) is 9.80. The van der Waals surface area contributed by atoms with Gasteiger partial charge in [0.15, 0.2) is 0 Å². The number of esters is 1. The number of amides is 4. The molecule has 2 heterocycles. The van der Waals surface area contributed by atoms with Crippen molar-refractivity contribution in [3.63, 3.8) is 0 Å². The minimum Gasteiger partial charge on any atom is -0.478 e. The van der Waals surface area contributed by atoms with Gasteiger partial charge < -0.3 is 30.0 Å². The van der Waals surface area contributed by atoms with E-state index in [4.69, 9.17) is 14.6 Å². The van der Waals surface area contributed by atoms with Gasteiger partial charge in [0.1, 0.15) is 9.79 Å². The van der Waals surface area contributed by atoms with Crippen molar-refractivity contribution < 1.29 is 55.3 Å². The molecule has 0 unspecified atom stereocenters. The Hall–Kier alpha value is -6.96. The van der Waals surface area contributed by atoms with Crippen LogP contribution in [0.4, 0.5) is 33.4 Å². The largest absolute Gasteiger partial charge is 0.478 e. The van der Waals surface area contributed by atoms with Gasteiger partial charge >= 0.3 is 36.0 Å². The molecule has 7 N–H and O–H groups in total. The Morgan fingerprint density at radius 3 is 1.38 bits per heavy atom. The highest BCUT2D eigenvalue weighted by Gasteiger charge is 2.26. The van der Waals surface area contributed by atoms with Crippen LogP contribution >= 0.6 is 0 Å². The summed E-state index contributed by atoms with van der Waals surface area (Å²) < 4.78 is 68.0. The summed E-state index contributed by atoms with van der Waals surface area (Å²) in [6.07, 6.45) is 0. The Morgan fingerprint density at radius 2 is 1.00 bits per heavy atom. The number of methoxy groups -OCH3 is 1. The Bertz CT molecular complexity index is 2260. The third-order valence-electron chi connectivity index (χ3n) is 6.12. The molecule has 0 spiro atoms. The predicted octanol–water partition coefficient (Wildman–Crippen LogP) is 1.13. The fraction of sp³-hybridized carbons (Fsp3) is 0.241. The van der Waals surface area contributed by atoms with Crippen molar-refractivity contribution in [3.8, 4) is 12.0 Å². The number of nitrogens with zero attached hydrogens (tertiary/aromatic N) is 6. The maximum Gasteiger partial charge on any atom is 0.339 e. The summed E-state index contributed by atoms with van der Waals surface area (Å²) in [5.74, 6) is -2.63. The number of aromatic nitrogens is 6. The zero-order chi connectivity index (χ0) is 40.8. The van der Waals surface area contributed by atoms with Gasteiger partial charge in [0, 0.05) is 14.1 Å². The number of carbonyl (C=O) groups excluding carboxylic acids is 3. The van der Waals surface area contributed by atoms with Crippen LogP contribution in [0.2, 0.25) is 0 Å². The van der Waals surface area contributed by atoms with Gasteiger partial charge in [-0.2, -0.15) is 29.9 Å². The van der Waals surface area contributed by atoms with Crippen LogP contribution in [0.25, 0.3) is 0 Å². The number of hydrogen-bond acceptors (Lipinski definition) is 19. The first-order valence-corrected chi connectivity index (χ1v) is 18.3. The van der Waals surface area contributed by atoms with Gasteiger partial charge in [-0.25, -0.2) is 45.5 Å². The lowest BCUT2D eigenvalue weighted by Gasteiger charge is -2.11. The standard InChI is InChI=1S/C15H18N6O6S.C14H16N6O6S/c1-4-27-15-19-12(16-2)17-13(20-15)18-14(23)21-28(24,25)10-8-6-5-7-9(10)11(22)26-3;1-3-26-14-18-11(15-2)16-12(19-14)17-13(23)20-27(24,25)9-7-5-4-6-8(9)10(21)22/h5-8H,4H2,1-3H3,(H3,16,17,18,19,20,21,23);4-7H,3H2,1-2H3,(H,21,22)(H3,15,16,17,18,19,20,23). The number of carbonyl (C=O) groups is 4. The Morgan fingerprint density at radius 1 is 0.618 bits per heavy atom. The first kappa shape index (κ1) is 42.5. The van der Waals surface area contributed by atoms with E-state index in [-0.39, 0.29) is 54.6 Å². The number of nitrogens with one attached hydrogen (secondary N) is 6. The molecular formula is C29H34N12O12S2. The van der Waals surface area contributed by atoms with Crippen LogP contribution < -0.4 is 40.2 Å². The third kappa shape index (κ3) is 12.0. The minimum absolute atomic E-state index is 0.0592. The molecule has 0 aliphatic heterocycles. The highest BCUT2D eigenvalue weighted by atomic mass is 32.2. The average Bonchev–Trinajstić information content (AvgIpc) is 3.14. The molecule has 0 bridgehead atoms. The topological polar surface area (TPSA) is 334 Å². The molecule has 0 aliphatic carbocycles. The van der Waals surface area contributed by atoms with Crippen molar-refractivity contribution in [2.24, 2.45) is 0 Å². The van der Waals surface area contributed by atoms with Crippen molar-refractivity contribution in [1.29, 1.82) is 0 Å². The molecule has 0 radical (unpaired) electrons. The van der Waals surface area contributed by atoms with E-state index in [0.717, 1.165) is 25.3 Å². The lowest BCUT2D eigenvalue weighted by molar-refractivity contribution is 0.0595. The normalized spacial score (nSPS) is 10.7. The molecule has 55 heavy (non-hydrogen) atoms. The number of rotatable bonds is 14. The van der Waals surface area contributed by atoms with Crippen molar-refractivity contribution in [1.82, 2.24) is 39.3 Å². The van der Waals surface area contributed by atoms with Gasteiger partial charge in [0.25, 0.3) is 20.0 Å². The van der Waals surface area contributed by atoms with Crippen LogP contribution in [0.3, 0.4) is 0 Å². The molecule has 4 amide bonds. The Balaban J connectivity index is 0.000000296. The number of urea groups is 2. The molecule has 4 rings (SSSR count). The van der Waals surface area contributed by atoms with Crippen molar-refractivity contribution >= 4 is 67.8 Å². The lowest BCUT2D eigenvalue weighted by Crippen LogP contribution is -2.35. The van der Waals surface area contributed by atoms with E-state index < -0.39 is 59.4 Å². The molecule has 2 aromatic heterocycles. The van der Waals surface area contributed by atoms with Gasteiger partial charge in [-0.1, -0.05) is 24.3 Å². The minimum atomic E-state index is -4.45. The molecular weight excluding hydrogens is 773 g/mol. The van der Waals surface area contributed by atoms with Crippen molar-refractivity contribution in [2.45, 2.75) is 23.6 Å². The van der Waals surface area contributed by atoms with Crippen LogP contribution in [-0.4, -0.2) is 110 Å². The number of hydrogen-bond donors (Lipinski definition) is 7. The van der Waals surface area contributed by atoms with Gasteiger partial charge in [-0.3, -0.25) is 10.6 Å². The molecule has 2 aromatic carbocycles. The zero-order valence-electron chi connectivity index (χ0n) is 29.5. The summed E-state index contributed by atoms with van der Waals surface area (Å²) in [5, 5.41) is 18.7. The van der Waals surface area contributed by atoms with E-state index in [1.54, 1.807) is 30.3 Å². The Kier molecular flexibility index (Phi) is 14.8. The molecule has 26 heteroatoms. The number of carboxylic acid groups (broad SMARTS) is 1. The van der Waals surface area contributed by atoms with Gasteiger partial charge in [0.2, 0.25) is 23.8 Å². The van der Waals surface area contributed by atoms with Crippen LogP contribution in [0.15, 0.2) is 58.3 Å². The number of sulfonamides is 2. The molecule has 0 saturated heterocycles. The summed E-state index contributed by atoms with van der Waals surface area (Å²) in [4.78, 5) is 69.3. The molecule has 294 valence electrons. The highest BCUT2D eigenvalue weighted by Crippen LogP contribution is 2.18. The zero-order valence-corrected chi connectivity index (χ0v) is 31.1. The predicted molar refractivity (Wildman–Crippen MR) is 191 cm³/mol. The number of aromatic carboxylic acids is 1. The summed E-state index contributed by atoms with van der Waals surface area (Å²) in [6, 6.07) is 7.68. The number of benzene rings is 2. The average molecular weight is 807 g/mol. The summed E-state index contributed by atoms with van der Waals surface area (Å²) in [6.45, 7) is 3.96. The maximum atomic E-state index is 12.5. The lowest BCUT2D eigenvalue weighted by atomic mass is 10.2. The first-order chi connectivity index (χ1) is 26.1. The van der Waals surface area contributed by atoms with Crippen LogP contribution in [0, 0.1) is 0 Å².